The van der Waals surface area contributed by atoms with Gasteiger partial charge in [0.15, 0.2) is 6.29 Å². The van der Waals surface area contributed by atoms with Crippen LogP contribution in [0.3, 0.4) is 0 Å². The highest BCUT2D eigenvalue weighted by Gasteiger charge is 2.14. The molecular formula is C13H10O4S. The fourth-order valence-electron chi connectivity index (χ4n) is 1.63. The van der Waals surface area contributed by atoms with Gasteiger partial charge in [-0.3, -0.25) is 4.79 Å². The molecule has 0 aliphatic carbocycles. The Kier molecular flexibility index (Phi) is 3.43. The van der Waals surface area contributed by atoms with E-state index in [2.05, 4.69) is 0 Å². The van der Waals surface area contributed by atoms with Gasteiger partial charge in [-0.25, -0.2) is 4.79 Å². The molecular weight excluding hydrogens is 252 g/mol. The second-order valence-electron chi connectivity index (χ2n) is 3.57. The van der Waals surface area contributed by atoms with Gasteiger partial charge in [-0.15, -0.1) is 11.3 Å². The van der Waals surface area contributed by atoms with E-state index in [9.17, 15) is 14.7 Å². The molecule has 0 bridgehead atoms. The minimum atomic E-state index is -1.03. The lowest BCUT2D eigenvalue weighted by molar-refractivity contribution is 0.0697. The average Bonchev–Trinajstić information content (AvgIpc) is 2.86. The molecule has 0 atom stereocenters. The van der Waals surface area contributed by atoms with Crippen molar-refractivity contribution in [2.24, 2.45) is 0 Å². The van der Waals surface area contributed by atoms with Gasteiger partial charge in [-0.1, -0.05) is 0 Å². The van der Waals surface area contributed by atoms with Crippen molar-refractivity contribution in [2.75, 3.05) is 7.11 Å². The number of rotatable bonds is 4. The van der Waals surface area contributed by atoms with Crippen molar-refractivity contribution in [3.63, 3.8) is 0 Å². The zero-order valence-corrected chi connectivity index (χ0v) is 10.4. The summed E-state index contributed by atoms with van der Waals surface area (Å²) in [7, 11) is 1.48. The molecule has 0 saturated carbocycles. The number of carboxylic acid groups (broad SMARTS) is 1. The third kappa shape index (κ3) is 2.26. The summed E-state index contributed by atoms with van der Waals surface area (Å²) in [5, 5.41) is 11.0. The average molecular weight is 262 g/mol. The number of carbonyl (C=O) groups excluding carboxylic acids is 1. The lowest BCUT2D eigenvalue weighted by Crippen LogP contribution is -2.00. The molecule has 2 rings (SSSR count). The van der Waals surface area contributed by atoms with Gasteiger partial charge < -0.3 is 9.84 Å². The maximum Gasteiger partial charge on any atom is 0.336 e. The minimum absolute atomic E-state index is 0.157. The molecule has 1 aromatic carbocycles. The number of aromatic carboxylic acids is 1. The van der Waals surface area contributed by atoms with Gasteiger partial charge in [0, 0.05) is 0 Å². The van der Waals surface area contributed by atoms with Gasteiger partial charge in [-0.05, 0) is 40.8 Å². The smallest absolute Gasteiger partial charge is 0.336 e. The first-order chi connectivity index (χ1) is 8.65. The van der Waals surface area contributed by atoms with E-state index in [0.717, 1.165) is 11.8 Å². The van der Waals surface area contributed by atoms with Gasteiger partial charge in [0.05, 0.1) is 17.6 Å². The molecule has 0 fully saturated rings. The van der Waals surface area contributed by atoms with Crippen LogP contribution in [0.5, 0.6) is 5.75 Å². The first kappa shape index (κ1) is 12.3. The molecule has 4 nitrogen and oxygen atoms in total. The minimum Gasteiger partial charge on any atom is -0.497 e. The number of carbonyl (C=O) groups is 2. The van der Waals surface area contributed by atoms with Crippen LogP contribution in [-0.4, -0.2) is 24.5 Å². The van der Waals surface area contributed by atoms with E-state index in [1.54, 1.807) is 23.6 Å². The first-order valence-corrected chi connectivity index (χ1v) is 5.99. The zero-order chi connectivity index (χ0) is 13.1. The number of carboxylic acids is 1. The molecule has 5 heteroatoms. The third-order valence-electron chi connectivity index (χ3n) is 2.50. The van der Waals surface area contributed by atoms with Crippen molar-refractivity contribution >= 4 is 23.6 Å². The molecule has 2 aromatic rings. The van der Waals surface area contributed by atoms with Crippen molar-refractivity contribution < 1.29 is 19.4 Å². The lowest BCUT2D eigenvalue weighted by atomic mass is 10.0. The standard InChI is InChI=1S/C13H10O4S/c1-17-9-2-3-11(12(5-9)13(15)16)8-4-10(6-14)18-7-8/h2-7H,1H3,(H,15,16). The van der Waals surface area contributed by atoms with Gasteiger partial charge in [0.2, 0.25) is 0 Å². The summed E-state index contributed by atoms with van der Waals surface area (Å²) >= 11 is 1.28. The summed E-state index contributed by atoms with van der Waals surface area (Å²) < 4.78 is 5.01. The molecule has 1 N–H and O–H groups in total. The van der Waals surface area contributed by atoms with Crippen LogP contribution in [0.1, 0.15) is 20.0 Å². The second-order valence-corrected chi connectivity index (χ2v) is 4.52. The maximum atomic E-state index is 11.2. The molecule has 0 saturated heterocycles. The number of hydrogen-bond donors (Lipinski definition) is 1. The Labute approximate surface area is 107 Å². The van der Waals surface area contributed by atoms with E-state index in [1.165, 1.54) is 24.5 Å². The summed E-state index contributed by atoms with van der Waals surface area (Å²) in [6.07, 6.45) is 0.748. The molecule has 1 heterocycles. The van der Waals surface area contributed by atoms with Gasteiger partial charge >= 0.3 is 5.97 Å². The van der Waals surface area contributed by atoms with Crippen molar-refractivity contribution in [3.05, 3.63) is 40.1 Å². The van der Waals surface area contributed by atoms with E-state index in [-0.39, 0.29) is 5.56 Å². The van der Waals surface area contributed by atoms with Crippen LogP contribution in [-0.2, 0) is 0 Å². The van der Waals surface area contributed by atoms with Crippen LogP contribution < -0.4 is 4.74 Å². The molecule has 18 heavy (non-hydrogen) atoms. The maximum absolute atomic E-state index is 11.2. The Balaban J connectivity index is 2.55. The quantitative estimate of drug-likeness (QED) is 0.860. The van der Waals surface area contributed by atoms with Crippen LogP contribution in [0, 0.1) is 0 Å². The zero-order valence-electron chi connectivity index (χ0n) is 9.54. The Hall–Kier alpha value is -2.14. The molecule has 0 aliphatic rings. The van der Waals surface area contributed by atoms with Crippen molar-refractivity contribution in [1.82, 2.24) is 0 Å². The van der Waals surface area contributed by atoms with Crippen LogP contribution in [0.25, 0.3) is 11.1 Å². The first-order valence-electron chi connectivity index (χ1n) is 5.11. The van der Waals surface area contributed by atoms with Crippen LogP contribution in [0.15, 0.2) is 29.6 Å². The number of ether oxygens (including phenoxy) is 1. The van der Waals surface area contributed by atoms with E-state index in [1.807, 2.05) is 0 Å². The SMILES string of the molecule is COc1ccc(-c2csc(C=O)c2)c(C(=O)O)c1. The summed E-state index contributed by atoms with van der Waals surface area (Å²) in [5.74, 6) is -0.537. The highest BCUT2D eigenvalue weighted by Crippen LogP contribution is 2.30. The molecule has 0 aliphatic heterocycles. The Morgan fingerprint density at radius 1 is 1.39 bits per heavy atom. The predicted octanol–water partition coefficient (Wildman–Crippen LogP) is 2.93. The topological polar surface area (TPSA) is 63.6 Å². The number of methoxy groups -OCH3 is 1. The largest absolute Gasteiger partial charge is 0.497 e. The van der Waals surface area contributed by atoms with Crippen molar-refractivity contribution in [1.29, 1.82) is 0 Å². The number of aldehydes is 1. The van der Waals surface area contributed by atoms with Gasteiger partial charge in [-0.2, -0.15) is 0 Å². The Morgan fingerprint density at radius 3 is 2.72 bits per heavy atom. The molecule has 0 unspecified atom stereocenters. The van der Waals surface area contributed by atoms with Crippen LogP contribution in [0.2, 0.25) is 0 Å². The van der Waals surface area contributed by atoms with Crippen LogP contribution >= 0.6 is 11.3 Å². The third-order valence-corrected chi connectivity index (χ3v) is 3.36. The van der Waals surface area contributed by atoms with Crippen molar-refractivity contribution in [3.8, 4) is 16.9 Å². The summed E-state index contributed by atoms with van der Waals surface area (Å²) in [6.45, 7) is 0. The van der Waals surface area contributed by atoms with Gasteiger partial charge in [0.1, 0.15) is 5.75 Å². The fourth-order valence-corrected chi connectivity index (χ4v) is 2.34. The monoisotopic (exact) mass is 262 g/mol. The number of benzene rings is 1. The van der Waals surface area contributed by atoms with E-state index >= 15 is 0 Å². The van der Waals surface area contributed by atoms with Gasteiger partial charge in [0.25, 0.3) is 0 Å². The molecule has 0 amide bonds. The Bertz CT molecular complexity index is 601. The molecule has 0 spiro atoms. The molecule has 92 valence electrons. The number of hydrogen-bond acceptors (Lipinski definition) is 4. The Morgan fingerprint density at radius 2 is 2.17 bits per heavy atom. The number of thiophene rings is 1. The van der Waals surface area contributed by atoms with Crippen LogP contribution in [0.4, 0.5) is 0 Å². The normalized spacial score (nSPS) is 10.1. The highest BCUT2D eigenvalue weighted by atomic mass is 32.1. The van der Waals surface area contributed by atoms with E-state index in [0.29, 0.717) is 16.2 Å². The summed E-state index contributed by atoms with van der Waals surface area (Å²) in [6, 6.07) is 6.51. The predicted molar refractivity (Wildman–Crippen MR) is 68.7 cm³/mol. The lowest BCUT2D eigenvalue weighted by Gasteiger charge is -2.06. The molecule has 0 radical (unpaired) electrons. The summed E-state index contributed by atoms with van der Waals surface area (Å²) in [5.41, 5.74) is 1.46. The second kappa shape index (κ2) is 5.01. The fraction of sp³-hybridized carbons (Fsp3) is 0.0769. The van der Waals surface area contributed by atoms with E-state index < -0.39 is 5.97 Å². The summed E-state index contributed by atoms with van der Waals surface area (Å²) in [4.78, 5) is 22.4. The van der Waals surface area contributed by atoms with Crippen molar-refractivity contribution in [2.45, 2.75) is 0 Å². The van der Waals surface area contributed by atoms with E-state index in [4.69, 9.17) is 4.74 Å². The highest BCUT2D eigenvalue weighted by molar-refractivity contribution is 7.12. The molecule has 1 aromatic heterocycles.